The highest BCUT2D eigenvalue weighted by atomic mass is 35.5. The van der Waals surface area contributed by atoms with E-state index in [9.17, 15) is 24.0 Å². The molecule has 0 unspecified atom stereocenters. The Morgan fingerprint density at radius 1 is 0.750 bits per heavy atom. The summed E-state index contributed by atoms with van der Waals surface area (Å²) in [5.74, 6) is -2.41. The monoisotopic (exact) mass is 769 g/mol. The Morgan fingerprint density at radius 3 is 1.90 bits per heavy atom. The topological polar surface area (TPSA) is 158 Å². The number of hydrogen-bond acceptors (Lipinski definition) is 9. The van der Waals surface area contributed by atoms with Crippen molar-refractivity contribution < 1.29 is 42.9 Å². The number of unbranched alkanes of at least 4 members (excludes halogenated alkanes) is 1. The van der Waals surface area contributed by atoms with Gasteiger partial charge in [-0.3, -0.25) is 4.79 Å². The van der Waals surface area contributed by atoms with Crippen LogP contribution in [0.2, 0.25) is 25.1 Å². The van der Waals surface area contributed by atoms with Crippen LogP contribution < -0.4 is 20.7 Å². The Labute approximate surface area is 303 Å². The van der Waals surface area contributed by atoms with Crippen LogP contribution in [0.1, 0.15) is 58.4 Å². The number of halogens is 5. The number of carbonyl (C=O) groups excluding carboxylic acids is 5. The average Bonchev–Trinajstić information content (AvgIpc) is 3.04. The molecule has 0 aliphatic heterocycles. The lowest BCUT2D eigenvalue weighted by atomic mass is 10.1. The minimum absolute atomic E-state index is 0.0372. The fourth-order valence-corrected chi connectivity index (χ4v) is 5.11. The van der Waals surface area contributed by atoms with Gasteiger partial charge < -0.3 is 34.9 Å². The number of ether oxygens (including phenoxy) is 4. The average molecular weight is 772 g/mol. The summed E-state index contributed by atoms with van der Waals surface area (Å²) < 4.78 is 20.5. The SMILES string of the molecule is COC(=O)[C@H](CCC(=O)NCCCC[C@H](NC(=O)OCc1ccccc1)C(=O)Oc1c(Cl)c(Cl)c(Cl)c(Cl)c1Cl)NC(=O)OC(C)(C)C. The molecule has 2 aromatic carbocycles. The molecule has 3 N–H and O–H groups in total. The van der Waals surface area contributed by atoms with E-state index in [4.69, 9.17) is 77.0 Å². The fourth-order valence-electron chi connectivity index (χ4n) is 3.91. The zero-order valence-corrected chi connectivity index (χ0v) is 30.3. The molecule has 0 aliphatic rings. The molecule has 0 bridgehead atoms. The lowest BCUT2D eigenvalue weighted by molar-refractivity contribution is -0.143. The summed E-state index contributed by atoms with van der Waals surface area (Å²) >= 11 is 30.6. The highest BCUT2D eigenvalue weighted by molar-refractivity contribution is 6.55. The molecule has 0 aromatic heterocycles. The summed E-state index contributed by atoms with van der Waals surface area (Å²) in [7, 11) is 1.16. The van der Waals surface area contributed by atoms with E-state index in [0.717, 1.165) is 12.7 Å². The molecule has 264 valence electrons. The van der Waals surface area contributed by atoms with Gasteiger partial charge in [0.15, 0.2) is 5.75 Å². The quantitative estimate of drug-likeness (QED) is 0.0423. The minimum Gasteiger partial charge on any atom is -0.467 e. The van der Waals surface area contributed by atoms with Gasteiger partial charge in [0.1, 0.15) is 34.3 Å². The van der Waals surface area contributed by atoms with E-state index in [1.807, 2.05) is 6.07 Å². The van der Waals surface area contributed by atoms with Crippen molar-refractivity contribution in [3.05, 3.63) is 61.0 Å². The molecule has 0 radical (unpaired) electrons. The predicted octanol–water partition coefficient (Wildman–Crippen LogP) is 7.29. The van der Waals surface area contributed by atoms with Crippen LogP contribution in [-0.4, -0.2) is 61.4 Å². The third-order valence-corrected chi connectivity index (χ3v) is 8.48. The number of nitrogens with one attached hydrogen (secondary N) is 3. The predicted molar refractivity (Wildman–Crippen MR) is 182 cm³/mol. The molecule has 17 heteroatoms. The lowest BCUT2D eigenvalue weighted by Crippen LogP contribution is -2.44. The van der Waals surface area contributed by atoms with Crippen LogP contribution in [0.15, 0.2) is 30.3 Å². The van der Waals surface area contributed by atoms with Crippen LogP contribution >= 0.6 is 58.0 Å². The van der Waals surface area contributed by atoms with E-state index in [-0.39, 0.29) is 63.3 Å². The third kappa shape index (κ3) is 13.8. The van der Waals surface area contributed by atoms with E-state index in [1.54, 1.807) is 45.0 Å². The molecular formula is C31H36Cl5N3O9. The van der Waals surface area contributed by atoms with Crippen LogP contribution in [0, 0.1) is 0 Å². The first-order chi connectivity index (χ1) is 22.5. The van der Waals surface area contributed by atoms with Crippen molar-refractivity contribution in [2.24, 2.45) is 0 Å². The van der Waals surface area contributed by atoms with Gasteiger partial charge in [-0.1, -0.05) is 88.3 Å². The maximum Gasteiger partial charge on any atom is 0.408 e. The van der Waals surface area contributed by atoms with Gasteiger partial charge in [0.25, 0.3) is 0 Å². The Balaban J connectivity index is 1.98. The number of amides is 3. The smallest absolute Gasteiger partial charge is 0.408 e. The standard InChI is InChI=1S/C31H36Cl5N3O9/c1-31(2,3)48-30(44)39-19(27(41)45-4)13-14-20(40)37-15-9-8-12-18(38-29(43)46-16-17-10-6-5-7-11-17)28(42)47-26-24(35)22(33)21(32)23(34)25(26)36/h5-7,10-11,18-19H,8-9,12-16H2,1-4H3,(H,37,40)(H,38,43)(H,39,44)/t18-,19-/m0/s1. The highest BCUT2D eigenvalue weighted by Gasteiger charge is 2.29. The highest BCUT2D eigenvalue weighted by Crippen LogP contribution is 2.48. The van der Waals surface area contributed by atoms with Crippen molar-refractivity contribution in [1.82, 2.24) is 16.0 Å². The minimum atomic E-state index is -1.23. The molecular weight excluding hydrogens is 736 g/mol. The van der Waals surface area contributed by atoms with Crippen molar-refractivity contribution in [2.75, 3.05) is 13.7 Å². The Kier molecular flexibility index (Phi) is 16.9. The molecule has 3 amide bonds. The van der Waals surface area contributed by atoms with Gasteiger partial charge in [-0.15, -0.1) is 0 Å². The second-order valence-corrected chi connectivity index (χ2v) is 13.1. The molecule has 2 atom stereocenters. The first-order valence-electron chi connectivity index (χ1n) is 14.6. The maximum atomic E-state index is 13.2. The van der Waals surface area contributed by atoms with Crippen LogP contribution in [0.25, 0.3) is 0 Å². The zero-order chi connectivity index (χ0) is 36.0. The summed E-state index contributed by atoms with van der Waals surface area (Å²) in [5.41, 5.74) is -0.0576. The molecule has 0 fully saturated rings. The number of benzene rings is 2. The van der Waals surface area contributed by atoms with E-state index < -0.39 is 47.7 Å². The number of carbonyl (C=O) groups is 5. The summed E-state index contributed by atoms with van der Waals surface area (Å²) in [4.78, 5) is 62.5. The van der Waals surface area contributed by atoms with Crippen LogP contribution in [0.4, 0.5) is 9.59 Å². The lowest BCUT2D eigenvalue weighted by Gasteiger charge is -2.22. The second kappa shape index (κ2) is 19.7. The van der Waals surface area contributed by atoms with Gasteiger partial charge in [-0.25, -0.2) is 19.2 Å². The van der Waals surface area contributed by atoms with E-state index in [2.05, 4.69) is 16.0 Å². The van der Waals surface area contributed by atoms with E-state index in [1.165, 1.54) is 0 Å². The first-order valence-corrected chi connectivity index (χ1v) is 16.5. The van der Waals surface area contributed by atoms with Gasteiger partial charge in [0, 0.05) is 13.0 Å². The molecule has 0 saturated heterocycles. The summed E-state index contributed by atoms with van der Waals surface area (Å²) in [5, 5.41) is 6.57. The molecule has 12 nitrogen and oxygen atoms in total. The van der Waals surface area contributed by atoms with Crippen LogP contribution in [-0.2, 0) is 35.2 Å². The summed E-state index contributed by atoms with van der Waals surface area (Å²) in [6, 6.07) is 6.57. The van der Waals surface area contributed by atoms with Crippen molar-refractivity contribution in [2.45, 2.75) is 77.2 Å². The molecule has 0 spiro atoms. The van der Waals surface area contributed by atoms with E-state index >= 15 is 0 Å². The number of esters is 2. The van der Waals surface area contributed by atoms with Crippen molar-refractivity contribution >= 4 is 88.0 Å². The third-order valence-electron chi connectivity index (χ3n) is 6.24. The second-order valence-electron chi connectivity index (χ2n) is 11.2. The van der Waals surface area contributed by atoms with Gasteiger partial charge in [0.2, 0.25) is 5.91 Å². The normalized spacial score (nSPS) is 12.3. The molecule has 0 heterocycles. The molecule has 0 saturated carbocycles. The van der Waals surface area contributed by atoms with Gasteiger partial charge in [-0.05, 0) is 52.0 Å². The van der Waals surface area contributed by atoms with Gasteiger partial charge >= 0.3 is 24.1 Å². The maximum absolute atomic E-state index is 13.2. The fraction of sp³-hybridized carbons (Fsp3) is 0.452. The van der Waals surface area contributed by atoms with Crippen LogP contribution in [0.3, 0.4) is 0 Å². The number of rotatable bonds is 15. The van der Waals surface area contributed by atoms with Crippen molar-refractivity contribution in [1.29, 1.82) is 0 Å². The Bertz CT molecular complexity index is 1430. The first kappa shape index (κ1) is 41.0. The van der Waals surface area contributed by atoms with E-state index in [0.29, 0.717) is 12.8 Å². The van der Waals surface area contributed by atoms with Crippen molar-refractivity contribution in [3.63, 3.8) is 0 Å². The largest absolute Gasteiger partial charge is 0.467 e. The van der Waals surface area contributed by atoms with Crippen LogP contribution in [0.5, 0.6) is 5.75 Å². The van der Waals surface area contributed by atoms with Gasteiger partial charge in [-0.2, -0.15) is 0 Å². The summed E-state index contributed by atoms with van der Waals surface area (Å²) in [6.07, 6.45) is -1.09. The van der Waals surface area contributed by atoms with Gasteiger partial charge in [0.05, 0.1) is 22.2 Å². The number of alkyl carbamates (subject to hydrolysis) is 2. The zero-order valence-electron chi connectivity index (χ0n) is 26.6. The number of hydrogen-bond donors (Lipinski definition) is 3. The number of methoxy groups -OCH3 is 1. The Morgan fingerprint density at radius 2 is 1.31 bits per heavy atom. The molecule has 0 aliphatic carbocycles. The molecule has 48 heavy (non-hydrogen) atoms. The molecule has 2 aromatic rings. The Hall–Kier alpha value is -3.16. The van der Waals surface area contributed by atoms with Crippen molar-refractivity contribution in [3.8, 4) is 5.75 Å². The summed E-state index contributed by atoms with van der Waals surface area (Å²) in [6.45, 7) is 5.15. The molecule has 2 rings (SSSR count).